The molecule has 0 heterocycles. The maximum absolute atomic E-state index is 12.4. The number of benzene rings is 2. The zero-order valence-electron chi connectivity index (χ0n) is 14.7. The fourth-order valence-electron chi connectivity index (χ4n) is 2.48. The first-order valence-electron chi connectivity index (χ1n) is 8.17. The van der Waals surface area contributed by atoms with Crippen LogP contribution < -0.4 is 10.1 Å². The normalized spacial score (nSPS) is 12.9. The van der Waals surface area contributed by atoms with E-state index >= 15 is 0 Å². The third-order valence-electron chi connectivity index (χ3n) is 4.17. The molecule has 2 N–H and O–H groups in total. The minimum atomic E-state index is -0.815. The lowest BCUT2D eigenvalue weighted by Crippen LogP contribution is -2.19. The van der Waals surface area contributed by atoms with Gasteiger partial charge in [0.1, 0.15) is 5.75 Å². The van der Waals surface area contributed by atoms with Crippen molar-refractivity contribution < 1.29 is 19.4 Å². The fraction of sp³-hybridized carbons (Fsp3) is 0.300. The number of carbonyl (C=O) groups is 2. The van der Waals surface area contributed by atoms with Crippen LogP contribution in [0.5, 0.6) is 5.75 Å². The summed E-state index contributed by atoms with van der Waals surface area (Å²) in [5, 5.41) is 11.8. The van der Waals surface area contributed by atoms with E-state index in [1.54, 1.807) is 26.2 Å². The molecule has 2 atom stereocenters. The molecular formula is C20H23NO4. The average molecular weight is 341 g/mol. The van der Waals surface area contributed by atoms with Crippen LogP contribution >= 0.6 is 0 Å². The van der Waals surface area contributed by atoms with Gasteiger partial charge in [-0.15, -0.1) is 0 Å². The Bertz CT molecular complexity index is 740. The Kier molecular flexibility index (Phi) is 6.17. The van der Waals surface area contributed by atoms with E-state index in [4.69, 9.17) is 9.84 Å². The highest BCUT2D eigenvalue weighted by molar-refractivity contribution is 5.95. The van der Waals surface area contributed by atoms with E-state index in [1.807, 2.05) is 43.3 Å². The Hall–Kier alpha value is -2.82. The fourth-order valence-corrected chi connectivity index (χ4v) is 2.48. The second-order valence-electron chi connectivity index (χ2n) is 6.13. The Labute approximate surface area is 147 Å². The van der Waals surface area contributed by atoms with Gasteiger partial charge in [0.2, 0.25) is 5.91 Å². The molecule has 0 aliphatic heterocycles. The van der Waals surface area contributed by atoms with E-state index in [0.717, 1.165) is 11.1 Å². The summed E-state index contributed by atoms with van der Waals surface area (Å²) >= 11 is 0. The summed E-state index contributed by atoms with van der Waals surface area (Å²) in [5.41, 5.74) is 2.49. The summed E-state index contributed by atoms with van der Waals surface area (Å²) < 4.78 is 5.19. The van der Waals surface area contributed by atoms with E-state index in [0.29, 0.717) is 17.9 Å². The van der Waals surface area contributed by atoms with Gasteiger partial charge in [0.15, 0.2) is 0 Å². The lowest BCUT2D eigenvalue weighted by atomic mass is 9.99. The number of rotatable bonds is 7. The lowest BCUT2D eigenvalue weighted by molar-refractivity contribution is -0.141. The van der Waals surface area contributed by atoms with E-state index in [2.05, 4.69) is 5.32 Å². The Balaban J connectivity index is 2.01. The van der Waals surface area contributed by atoms with Crippen molar-refractivity contribution in [3.63, 3.8) is 0 Å². The second-order valence-corrected chi connectivity index (χ2v) is 6.13. The minimum absolute atomic E-state index is 0.111. The number of ether oxygens (including phenoxy) is 1. The molecule has 0 aromatic heterocycles. The number of hydrogen-bond acceptors (Lipinski definition) is 3. The molecule has 25 heavy (non-hydrogen) atoms. The molecule has 0 spiro atoms. The van der Waals surface area contributed by atoms with Crippen LogP contribution in [0.15, 0.2) is 48.5 Å². The number of carboxylic acid groups (broad SMARTS) is 1. The molecule has 0 fully saturated rings. The highest BCUT2D eigenvalue weighted by Crippen LogP contribution is 2.22. The van der Waals surface area contributed by atoms with Crippen LogP contribution in [0.2, 0.25) is 0 Å². The van der Waals surface area contributed by atoms with Crippen LogP contribution in [0.1, 0.15) is 30.9 Å². The van der Waals surface area contributed by atoms with Gasteiger partial charge in [-0.25, -0.2) is 0 Å². The number of carboxylic acids is 1. The van der Waals surface area contributed by atoms with Crippen LogP contribution in [0.4, 0.5) is 5.69 Å². The number of anilines is 1. The first-order chi connectivity index (χ1) is 11.9. The average Bonchev–Trinajstić information content (AvgIpc) is 2.62. The van der Waals surface area contributed by atoms with Gasteiger partial charge in [0.05, 0.1) is 18.9 Å². The van der Waals surface area contributed by atoms with Crippen LogP contribution in [0.3, 0.4) is 0 Å². The summed E-state index contributed by atoms with van der Waals surface area (Å²) in [6.45, 7) is 3.51. The SMILES string of the molecule is COc1cccc(C(C)C(=O)Nc2ccc(CC(C)C(=O)O)cc2)c1. The minimum Gasteiger partial charge on any atom is -0.497 e. The summed E-state index contributed by atoms with van der Waals surface area (Å²) in [5.74, 6) is -0.964. The van der Waals surface area contributed by atoms with Gasteiger partial charge in [0, 0.05) is 5.69 Å². The number of methoxy groups -OCH3 is 1. The molecule has 5 nitrogen and oxygen atoms in total. The molecule has 0 saturated heterocycles. The first kappa shape index (κ1) is 18.5. The van der Waals surface area contributed by atoms with Crippen molar-refractivity contribution in [1.29, 1.82) is 0 Å². The van der Waals surface area contributed by atoms with Gasteiger partial charge < -0.3 is 15.2 Å². The summed E-state index contributed by atoms with van der Waals surface area (Å²) in [7, 11) is 1.59. The molecule has 0 bridgehead atoms. The lowest BCUT2D eigenvalue weighted by Gasteiger charge is -2.14. The monoisotopic (exact) mass is 341 g/mol. The third kappa shape index (κ3) is 5.08. The zero-order chi connectivity index (χ0) is 18.4. The van der Waals surface area contributed by atoms with E-state index in [-0.39, 0.29) is 11.8 Å². The van der Waals surface area contributed by atoms with Crippen molar-refractivity contribution in [1.82, 2.24) is 0 Å². The zero-order valence-corrected chi connectivity index (χ0v) is 14.7. The molecule has 2 aromatic carbocycles. The largest absolute Gasteiger partial charge is 0.497 e. The van der Waals surface area contributed by atoms with Gasteiger partial charge >= 0.3 is 5.97 Å². The maximum Gasteiger partial charge on any atom is 0.306 e. The van der Waals surface area contributed by atoms with Gasteiger partial charge in [0.25, 0.3) is 0 Å². The number of nitrogens with one attached hydrogen (secondary N) is 1. The van der Waals surface area contributed by atoms with Crippen molar-refractivity contribution in [2.75, 3.05) is 12.4 Å². The van der Waals surface area contributed by atoms with Crippen molar-refractivity contribution >= 4 is 17.6 Å². The van der Waals surface area contributed by atoms with Crippen LogP contribution in [-0.4, -0.2) is 24.1 Å². The molecule has 0 radical (unpaired) electrons. The molecule has 5 heteroatoms. The van der Waals surface area contributed by atoms with E-state index < -0.39 is 11.9 Å². The number of amides is 1. The third-order valence-corrected chi connectivity index (χ3v) is 4.17. The molecule has 0 aliphatic carbocycles. The van der Waals surface area contributed by atoms with Crippen molar-refractivity contribution in [2.24, 2.45) is 5.92 Å². The van der Waals surface area contributed by atoms with Gasteiger partial charge in [-0.3, -0.25) is 9.59 Å². The molecule has 2 rings (SSSR count). The van der Waals surface area contributed by atoms with Gasteiger partial charge in [-0.05, 0) is 48.7 Å². The summed E-state index contributed by atoms with van der Waals surface area (Å²) in [4.78, 5) is 23.3. The number of aliphatic carboxylic acids is 1. The summed E-state index contributed by atoms with van der Waals surface area (Å²) in [6.07, 6.45) is 0.462. The van der Waals surface area contributed by atoms with E-state index in [9.17, 15) is 9.59 Å². The van der Waals surface area contributed by atoms with E-state index in [1.165, 1.54) is 0 Å². The van der Waals surface area contributed by atoms with Crippen molar-refractivity contribution in [2.45, 2.75) is 26.2 Å². The molecule has 2 unspecified atom stereocenters. The predicted molar refractivity (Wildman–Crippen MR) is 97.0 cm³/mol. The van der Waals surface area contributed by atoms with Crippen LogP contribution in [-0.2, 0) is 16.0 Å². The highest BCUT2D eigenvalue weighted by Gasteiger charge is 2.16. The molecule has 1 amide bonds. The standard InChI is InChI=1S/C20H23NO4/c1-13(20(23)24)11-15-7-9-17(10-8-15)21-19(22)14(2)16-5-4-6-18(12-16)25-3/h4-10,12-14H,11H2,1-3H3,(H,21,22)(H,23,24). The number of hydrogen-bond donors (Lipinski definition) is 2. The van der Waals surface area contributed by atoms with Crippen molar-refractivity contribution in [3.8, 4) is 5.75 Å². The Morgan fingerprint density at radius 3 is 2.40 bits per heavy atom. The molecule has 0 saturated carbocycles. The highest BCUT2D eigenvalue weighted by atomic mass is 16.5. The number of carbonyl (C=O) groups excluding carboxylic acids is 1. The molecule has 0 aliphatic rings. The predicted octanol–water partition coefficient (Wildman–Crippen LogP) is 3.70. The van der Waals surface area contributed by atoms with Gasteiger partial charge in [-0.1, -0.05) is 31.2 Å². The first-order valence-corrected chi connectivity index (χ1v) is 8.17. The molecule has 132 valence electrons. The molecule has 2 aromatic rings. The second kappa shape index (κ2) is 8.33. The smallest absolute Gasteiger partial charge is 0.306 e. The van der Waals surface area contributed by atoms with Crippen LogP contribution in [0, 0.1) is 5.92 Å². The van der Waals surface area contributed by atoms with Crippen molar-refractivity contribution in [3.05, 3.63) is 59.7 Å². The van der Waals surface area contributed by atoms with Gasteiger partial charge in [-0.2, -0.15) is 0 Å². The Morgan fingerprint density at radius 1 is 1.12 bits per heavy atom. The Morgan fingerprint density at radius 2 is 1.80 bits per heavy atom. The summed E-state index contributed by atoms with van der Waals surface area (Å²) in [6, 6.07) is 14.7. The van der Waals surface area contributed by atoms with Crippen LogP contribution in [0.25, 0.3) is 0 Å². The maximum atomic E-state index is 12.4. The molecular weight excluding hydrogens is 318 g/mol. The topological polar surface area (TPSA) is 75.6 Å². The quantitative estimate of drug-likeness (QED) is 0.805.